The van der Waals surface area contributed by atoms with E-state index in [-0.39, 0.29) is 10.8 Å². The Kier molecular flexibility index (Phi) is 5.96. The first kappa shape index (κ1) is 20.0. The van der Waals surface area contributed by atoms with Crippen LogP contribution in [0.25, 0.3) is 0 Å². The van der Waals surface area contributed by atoms with Gasteiger partial charge in [0.1, 0.15) is 5.75 Å². The van der Waals surface area contributed by atoms with E-state index in [2.05, 4.69) is 53.7 Å². The van der Waals surface area contributed by atoms with E-state index in [1.807, 2.05) is 6.07 Å². The molecule has 0 N–H and O–H groups in total. The van der Waals surface area contributed by atoms with Crippen LogP contribution in [-0.2, 0) is 15.6 Å². The number of benzene rings is 1. The van der Waals surface area contributed by atoms with Crippen molar-refractivity contribution in [2.24, 2.45) is 0 Å². The first-order valence-corrected chi connectivity index (χ1v) is 8.79. The summed E-state index contributed by atoms with van der Waals surface area (Å²) in [7, 11) is 0. The molecule has 0 bridgehead atoms. The minimum absolute atomic E-state index is 0.0411. The second-order valence-electron chi connectivity index (χ2n) is 8.07. The minimum atomic E-state index is -1.04. The van der Waals surface area contributed by atoms with Gasteiger partial charge >= 0.3 is 0 Å². The molecule has 0 aliphatic rings. The molecule has 1 aromatic carbocycles. The normalized spacial score (nSPS) is 13.1. The number of carbonyl (C=O) groups is 1. The Balaban J connectivity index is 3.45. The molecule has 130 valence electrons. The van der Waals surface area contributed by atoms with Gasteiger partial charge in [-0.05, 0) is 60.7 Å². The summed E-state index contributed by atoms with van der Waals surface area (Å²) < 4.78 is 6.00. The van der Waals surface area contributed by atoms with Crippen molar-refractivity contribution in [1.29, 1.82) is 0 Å². The Hall–Kier alpha value is -1.02. The average molecular weight is 339 g/mol. The van der Waals surface area contributed by atoms with E-state index in [9.17, 15) is 4.79 Å². The van der Waals surface area contributed by atoms with Gasteiger partial charge in [-0.15, -0.1) is 0 Å². The Labute approximate surface area is 146 Å². The number of hydrogen-bond acceptors (Lipinski definition) is 2. The molecule has 0 unspecified atom stereocenters. The van der Waals surface area contributed by atoms with Crippen LogP contribution < -0.4 is 4.74 Å². The third-order valence-corrected chi connectivity index (χ3v) is 5.55. The fourth-order valence-corrected chi connectivity index (χ4v) is 2.32. The molecule has 0 spiro atoms. The molecular formula is C20H31ClO2. The van der Waals surface area contributed by atoms with Crippen LogP contribution in [0.1, 0.15) is 79.4 Å². The standard InChI is InChI=1S/C20H31ClO2/c1-9-18(3,4)14-11-12-16(23-20(7,8)17(21)22)15(13-14)19(5,6)10-2/h11-13H,9-10H2,1-8H3. The quantitative estimate of drug-likeness (QED) is 0.571. The van der Waals surface area contributed by atoms with E-state index >= 15 is 0 Å². The fraction of sp³-hybridized carbons (Fsp3) is 0.650. The van der Waals surface area contributed by atoms with Crippen LogP contribution in [0.2, 0.25) is 0 Å². The van der Waals surface area contributed by atoms with Gasteiger partial charge in [0.25, 0.3) is 5.24 Å². The number of carbonyl (C=O) groups excluding carboxylic acids is 1. The van der Waals surface area contributed by atoms with Crippen molar-refractivity contribution in [3.05, 3.63) is 29.3 Å². The largest absolute Gasteiger partial charge is 0.478 e. The highest BCUT2D eigenvalue weighted by atomic mass is 35.5. The van der Waals surface area contributed by atoms with Crippen molar-refractivity contribution in [3.63, 3.8) is 0 Å². The summed E-state index contributed by atoms with van der Waals surface area (Å²) in [4.78, 5) is 11.6. The first-order chi connectivity index (χ1) is 10.4. The van der Waals surface area contributed by atoms with E-state index < -0.39 is 10.8 Å². The first-order valence-electron chi connectivity index (χ1n) is 8.41. The number of hydrogen-bond donors (Lipinski definition) is 0. The summed E-state index contributed by atoms with van der Waals surface area (Å²) in [5.41, 5.74) is 1.45. The van der Waals surface area contributed by atoms with Gasteiger partial charge in [0.05, 0.1) is 0 Å². The highest BCUT2D eigenvalue weighted by Crippen LogP contribution is 2.39. The van der Waals surface area contributed by atoms with Crippen molar-refractivity contribution in [1.82, 2.24) is 0 Å². The van der Waals surface area contributed by atoms with Gasteiger partial charge in [-0.2, -0.15) is 0 Å². The second-order valence-corrected chi connectivity index (χ2v) is 8.42. The van der Waals surface area contributed by atoms with Gasteiger partial charge in [0.2, 0.25) is 0 Å². The van der Waals surface area contributed by atoms with E-state index in [1.54, 1.807) is 13.8 Å². The molecule has 0 atom stereocenters. The molecule has 0 aromatic heterocycles. The maximum absolute atomic E-state index is 11.6. The lowest BCUT2D eigenvalue weighted by Crippen LogP contribution is -2.36. The number of ether oxygens (including phenoxy) is 1. The summed E-state index contributed by atoms with van der Waals surface area (Å²) in [5.74, 6) is 0.742. The zero-order valence-corrected chi connectivity index (χ0v) is 16.6. The zero-order chi connectivity index (χ0) is 18.1. The third-order valence-electron chi connectivity index (χ3n) is 5.10. The van der Waals surface area contributed by atoms with Gasteiger partial charge in [0.15, 0.2) is 5.60 Å². The van der Waals surface area contributed by atoms with Crippen molar-refractivity contribution < 1.29 is 9.53 Å². The lowest BCUT2D eigenvalue weighted by molar-refractivity contribution is -0.123. The second kappa shape index (κ2) is 6.84. The molecular weight excluding hydrogens is 308 g/mol. The summed E-state index contributed by atoms with van der Waals surface area (Å²) in [6.45, 7) is 16.7. The average Bonchev–Trinajstić information content (AvgIpc) is 2.46. The van der Waals surface area contributed by atoms with Crippen molar-refractivity contribution in [2.75, 3.05) is 0 Å². The van der Waals surface area contributed by atoms with E-state index in [1.165, 1.54) is 5.56 Å². The summed E-state index contributed by atoms with van der Waals surface area (Å²) in [6, 6.07) is 6.32. The van der Waals surface area contributed by atoms with Gasteiger partial charge in [-0.3, -0.25) is 4.79 Å². The van der Waals surface area contributed by atoms with E-state index in [0.29, 0.717) is 0 Å². The van der Waals surface area contributed by atoms with Gasteiger partial charge in [-0.25, -0.2) is 0 Å². The highest BCUT2D eigenvalue weighted by Gasteiger charge is 2.32. The molecule has 0 aliphatic heterocycles. The molecule has 3 heteroatoms. The van der Waals surface area contributed by atoms with Crippen LogP contribution in [0, 0.1) is 0 Å². The van der Waals surface area contributed by atoms with Gasteiger partial charge < -0.3 is 4.74 Å². The highest BCUT2D eigenvalue weighted by molar-refractivity contribution is 6.65. The van der Waals surface area contributed by atoms with Crippen LogP contribution >= 0.6 is 11.6 Å². The molecule has 0 saturated heterocycles. The predicted molar refractivity (Wildman–Crippen MR) is 98.6 cm³/mol. The Bertz CT molecular complexity index is 571. The molecule has 1 rings (SSSR count). The summed E-state index contributed by atoms with van der Waals surface area (Å²) in [5, 5.41) is -0.490. The van der Waals surface area contributed by atoms with Gasteiger partial charge in [-0.1, -0.05) is 53.7 Å². The smallest absolute Gasteiger partial charge is 0.264 e. The molecule has 23 heavy (non-hydrogen) atoms. The molecule has 0 heterocycles. The fourth-order valence-electron chi connectivity index (χ4n) is 2.28. The Morgan fingerprint density at radius 1 is 1.00 bits per heavy atom. The predicted octanol–water partition coefficient (Wildman–Crippen LogP) is 5.98. The monoisotopic (exact) mass is 338 g/mol. The summed E-state index contributed by atoms with van der Waals surface area (Å²) >= 11 is 5.68. The Morgan fingerprint density at radius 2 is 1.52 bits per heavy atom. The topological polar surface area (TPSA) is 26.3 Å². The summed E-state index contributed by atoms with van der Waals surface area (Å²) in [6.07, 6.45) is 2.04. The molecule has 0 amide bonds. The van der Waals surface area contributed by atoms with Crippen LogP contribution in [-0.4, -0.2) is 10.8 Å². The van der Waals surface area contributed by atoms with Crippen LogP contribution in [0.15, 0.2) is 18.2 Å². The minimum Gasteiger partial charge on any atom is -0.478 e. The SMILES string of the molecule is CCC(C)(C)c1ccc(OC(C)(C)C(=O)Cl)c(C(C)(C)CC)c1. The maximum Gasteiger partial charge on any atom is 0.264 e. The Morgan fingerprint density at radius 3 is 1.96 bits per heavy atom. The molecule has 0 saturated carbocycles. The van der Waals surface area contributed by atoms with Crippen LogP contribution in [0.4, 0.5) is 0 Å². The van der Waals surface area contributed by atoms with Gasteiger partial charge in [0, 0.05) is 5.56 Å². The van der Waals surface area contributed by atoms with E-state index in [0.717, 1.165) is 24.2 Å². The third kappa shape index (κ3) is 4.50. The molecule has 1 aromatic rings. The molecule has 0 aliphatic carbocycles. The van der Waals surface area contributed by atoms with Crippen molar-refractivity contribution in [3.8, 4) is 5.75 Å². The van der Waals surface area contributed by atoms with Crippen LogP contribution in [0.5, 0.6) is 5.75 Å². The molecule has 0 fully saturated rings. The lowest BCUT2D eigenvalue weighted by Gasteiger charge is -2.32. The van der Waals surface area contributed by atoms with Crippen molar-refractivity contribution in [2.45, 2.75) is 84.7 Å². The number of rotatable bonds is 7. The van der Waals surface area contributed by atoms with Crippen LogP contribution in [0.3, 0.4) is 0 Å². The maximum atomic E-state index is 11.6. The molecule has 0 radical (unpaired) electrons. The molecule has 2 nitrogen and oxygen atoms in total. The zero-order valence-electron chi connectivity index (χ0n) is 15.8. The number of halogens is 1. The van der Waals surface area contributed by atoms with Crippen molar-refractivity contribution >= 4 is 16.8 Å². The van der Waals surface area contributed by atoms with E-state index in [4.69, 9.17) is 16.3 Å². The lowest BCUT2D eigenvalue weighted by atomic mass is 9.76.